The lowest BCUT2D eigenvalue weighted by Crippen LogP contribution is -2.35. The molecule has 0 radical (unpaired) electrons. The van der Waals surface area contributed by atoms with Crippen LogP contribution in [-0.2, 0) is 6.54 Å². The Morgan fingerprint density at radius 1 is 1.10 bits per heavy atom. The van der Waals surface area contributed by atoms with Crippen molar-refractivity contribution in [3.8, 4) is 5.88 Å². The first-order valence-corrected chi connectivity index (χ1v) is 9.53. The molecule has 0 atom stereocenters. The van der Waals surface area contributed by atoms with Crippen molar-refractivity contribution in [3.05, 3.63) is 59.3 Å². The minimum atomic E-state index is -4.42. The number of benzene rings is 1. The molecule has 1 fully saturated rings. The number of carbonyl (C=O) groups excluding carboxylic acids is 1. The quantitative estimate of drug-likeness (QED) is 0.759. The number of aryl methyl sites for hydroxylation is 1. The number of aromatic nitrogens is 1. The number of pyridine rings is 1. The van der Waals surface area contributed by atoms with Gasteiger partial charge in [-0.1, -0.05) is 24.3 Å². The van der Waals surface area contributed by atoms with Crippen molar-refractivity contribution in [2.75, 3.05) is 32.8 Å². The van der Waals surface area contributed by atoms with E-state index in [2.05, 4.69) is 33.7 Å². The summed E-state index contributed by atoms with van der Waals surface area (Å²) >= 11 is 0. The first-order chi connectivity index (χ1) is 13.8. The van der Waals surface area contributed by atoms with Crippen LogP contribution in [0, 0.1) is 6.92 Å². The molecule has 1 aliphatic heterocycles. The van der Waals surface area contributed by atoms with Crippen LogP contribution in [0.4, 0.5) is 13.2 Å². The molecule has 3 rings (SSSR count). The Hall–Kier alpha value is -2.61. The van der Waals surface area contributed by atoms with E-state index in [1.807, 2.05) is 12.1 Å². The number of amides is 1. The van der Waals surface area contributed by atoms with E-state index < -0.39 is 12.8 Å². The zero-order valence-electron chi connectivity index (χ0n) is 16.3. The van der Waals surface area contributed by atoms with Crippen LogP contribution in [0.25, 0.3) is 0 Å². The van der Waals surface area contributed by atoms with E-state index in [1.54, 1.807) is 4.90 Å². The van der Waals surface area contributed by atoms with Gasteiger partial charge >= 0.3 is 6.18 Å². The van der Waals surface area contributed by atoms with Gasteiger partial charge in [0.05, 0.1) is 5.56 Å². The number of carbonyl (C=O) groups is 1. The summed E-state index contributed by atoms with van der Waals surface area (Å²) in [6.07, 6.45) is -2.30. The number of hydrogen-bond donors (Lipinski definition) is 0. The molecule has 0 spiro atoms. The second kappa shape index (κ2) is 9.26. The van der Waals surface area contributed by atoms with Crippen LogP contribution in [0.1, 0.15) is 27.9 Å². The zero-order valence-corrected chi connectivity index (χ0v) is 16.3. The fourth-order valence-electron chi connectivity index (χ4n) is 3.29. The van der Waals surface area contributed by atoms with E-state index in [9.17, 15) is 18.0 Å². The molecule has 8 heteroatoms. The smallest absolute Gasteiger partial charge is 0.422 e. The molecule has 156 valence electrons. The fraction of sp³-hybridized carbons (Fsp3) is 0.429. The second-order valence-electron chi connectivity index (χ2n) is 7.14. The largest absolute Gasteiger partial charge is 0.468 e. The molecule has 1 aliphatic rings. The normalized spacial score (nSPS) is 15.8. The Morgan fingerprint density at radius 3 is 2.59 bits per heavy atom. The highest BCUT2D eigenvalue weighted by Crippen LogP contribution is 2.18. The van der Waals surface area contributed by atoms with Gasteiger partial charge in [-0.15, -0.1) is 0 Å². The van der Waals surface area contributed by atoms with Gasteiger partial charge in [-0.05, 0) is 30.5 Å². The minimum Gasteiger partial charge on any atom is -0.468 e. The lowest BCUT2D eigenvalue weighted by molar-refractivity contribution is -0.154. The van der Waals surface area contributed by atoms with E-state index in [-0.39, 0.29) is 11.8 Å². The monoisotopic (exact) mass is 407 g/mol. The van der Waals surface area contributed by atoms with Crippen LogP contribution in [0.2, 0.25) is 0 Å². The Kier molecular flexibility index (Phi) is 6.74. The van der Waals surface area contributed by atoms with Crippen LogP contribution in [0.3, 0.4) is 0 Å². The Balaban J connectivity index is 1.55. The van der Waals surface area contributed by atoms with Crippen LogP contribution in [-0.4, -0.2) is 59.7 Å². The predicted octanol–water partition coefficient (Wildman–Crippen LogP) is 3.68. The van der Waals surface area contributed by atoms with E-state index in [0.717, 1.165) is 26.1 Å². The van der Waals surface area contributed by atoms with Gasteiger partial charge < -0.3 is 9.64 Å². The highest BCUT2D eigenvalue weighted by atomic mass is 19.4. The van der Waals surface area contributed by atoms with Gasteiger partial charge in [0.25, 0.3) is 5.91 Å². The third kappa shape index (κ3) is 6.19. The van der Waals surface area contributed by atoms with E-state index in [4.69, 9.17) is 0 Å². The van der Waals surface area contributed by atoms with Crippen molar-refractivity contribution in [2.45, 2.75) is 26.1 Å². The minimum absolute atomic E-state index is 0.154. The van der Waals surface area contributed by atoms with Gasteiger partial charge in [0.2, 0.25) is 5.88 Å². The summed E-state index contributed by atoms with van der Waals surface area (Å²) in [6.45, 7) is 4.43. The molecule has 2 heterocycles. The Morgan fingerprint density at radius 2 is 1.90 bits per heavy atom. The maximum absolute atomic E-state index is 12.7. The molecule has 2 aromatic rings. The number of alkyl halides is 3. The molecule has 0 bridgehead atoms. The zero-order chi connectivity index (χ0) is 20.9. The number of halogens is 3. The SMILES string of the molecule is Cc1ccccc1CN1CCCN(C(=O)c2ccc(OCC(F)(F)F)nc2)CC1. The number of rotatable bonds is 5. The van der Waals surface area contributed by atoms with E-state index >= 15 is 0 Å². The van der Waals surface area contributed by atoms with Crippen molar-refractivity contribution in [3.63, 3.8) is 0 Å². The van der Waals surface area contributed by atoms with Crippen LogP contribution in [0.5, 0.6) is 5.88 Å². The number of hydrogen-bond acceptors (Lipinski definition) is 4. The van der Waals surface area contributed by atoms with Crippen LogP contribution < -0.4 is 4.74 Å². The number of ether oxygens (including phenoxy) is 1. The van der Waals surface area contributed by atoms with Gasteiger partial charge in [-0.25, -0.2) is 4.98 Å². The summed E-state index contributed by atoms with van der Waals surface area (Å²) in [5.74, 6) is -0.322. The summed E-state index contributed by atoms with van der Waals surface area (Å²) < 4.78 is 41.2. The molecule has 1 amide bonds. The lowest BCUT2D eigenvalue weighted by atomic mass is 10.1. The van der Waals surface area contributed by atoms with Crippen LogP contribution >= 0.6 is 0 Å². The molecule has 1 aromatic carbocycles. The van der Waals surface area contributed by atoms with Gasteiger partial charge in [-0.2, -0.15) is 13.2 Å². The summed E-state index contributed by atoms with van der Waals surface area (Å²) in [7, 11) is 0. The molecule has 0 N–H and O–H groups in total. The molecular formula is C21H24F3N3O2. The number of nitrogens with zero attached hydrogens (tertiary/aromatic N) is 3. The molecule has 0 unspecified atom stereocenters. The highest BCUT2D eigenvalue weighted by molar-refractivity contribution is 5.94. The molecule has 29 heavy (non-hydrogen) atoms. The van der Waals surface area contributed by atoms with Crippen LogP contribution in [0.15, 0.2) is 42.6 Å². The standard InChI is InChI=1S/C21H24F3N3O2/c1-16-5-2-3-6-18(16)14-26-9-4-10-27(12-11-26)20(28)17-7-8-19(25-13-17)29-15-21(22,23)24/h2-3,5-8,13H,4,9-12,14-15H2,1H3. The van der Waals surface area contributed by atoms with Crippen molar-refractivity contribution in [1.82, 2.24) is 14.8 Å². The maximum Gasteiger partial charge on any atom is 0.422 e. The summed E-state index contributed by atoms with van der Waals surface area (Å²) in [4.78, 5) is 20.7. The van der Waals surface area contributed by atoms with E-state index in [0.29, 0.717) is 18.7 Å². The predicted molar refractivity (Wildman–Crippen MR) is 103 cm³/mol. The summed E-state index contributed by atoms with van der Waals surface area (Å²) in [5, 5.41) is 0. The third-order valence-corrected chi connectivity index (χ3v) is 4.90. The summed E-state index contributed by atoms with van der Waals surface area (Å²) in [6, 6.07) is 11.0. The third-order valence-electron chi connectivity index (χ3n) is 4.90. The second-order valence-corrected chi connectivity index (χ2v) is 7.14. The lowest BCUT2D eigenvalue weighted by Gasteiger charge is -2.22. The Bertz CT molecular complexity index is 825. The molecule has 1 saturated heterocycles. The van der Waals surface area contributed by atoms with Crippen molar-refractivity contribution < 1.29 is 22.7 Å². The van der Waals surface area contributed by atoms with E-state index in [1.165, 1.54) is 29.5 Å². The first-order valence-electron chi connectivity index (χ1n) is 9.53. The van der Waals surface area contributed by atoms with Gasteiger partial charge in [-0.3, -0.25) is 9.69 Å². The van der Waals surface area contributed by atoms with Gasteiger partial charge in [0, 0.05) is 45.0 Å². The fourth-order valence-corrected chi connectivity index (χ4v) is 3.29. The van der Waals surface area contributed by atoms with Gasteiger partial charge in [0.15, 0.2) is 6.61 Å². The average molecular weight is 407 g/mol. The van der Waals surface area contributed by atoms with Crippen molar-refractivity contribution in [2.24, 2.45) is 0 Å². The molecular weight excluding hydrogens is 383 g/mol. The van der Waals surface area contributed by atoms with Crippen molar-refractivity contribution >= 4 is 5.91 Å². The summed E-state index contributed by atoms with van der Waals surface area (Å²) in [5.41, 5.74) is 2.88. The molecule has 0 saturated carbocycles. The topological polar surface area (TPSA) is 45.7 Å². The molecule has 0 aliphatic carbocycles. The molecule has 1 aromatic heterocycles. The maximum atomic E-state index is 12.7. The highest BCUT2D eigenvalue weighted by Gasteiger charge is 2.28. The average Bonchev–Trinajstić information content (AvgIpc) is 2.93. The first kappa shape index (κ1) is 21.1. The molecule has 5 nitrogen and oxygen atoms in total. The van der Waals surface area contributed by atoms with Gasteiger partial charge in [0.1, 0.15) is 0 Å². The Labute approximate surface area is 168 Å². The van der Waals surface area contributed by atoms with Crippen molar-refractivity contribution in [1.29, 1.82) is 0 Å².